The van der Waals surface area contributed by atoms with Crippen molar-refractivity contribution < 1.29 is 14.2 Å². The maximum Gasteiger partial charge on any atom is 0.226 e. The van der Waals surface area contributed by atoms with E-state index in [0.717, 1.165) is 39.5 Å². The lowest BCUT2D eigenvalue weighted by molar-refractivity contribution is 0.217. The van der Waals surface area contributed by atoms with Crippen molar-refractivity contribution in [2.75, 3.05) is 19.5 Å². The van der Waals surface area contributed by atoms with Gasteiger partial charge >= 0.3 is 0 Å². The number of nitrogens with one attached hydrogen (secondary N) is 1. The summed E-state index contributed by atoms with van der Waals surface area (Å²) in [5, 5.41) is 8.08. The lowest BCUT2D eigenvalue weighted by Gasteiger charge is -2.39. The van der Waals surface area contributed by atoms with E-state index in [2.05, 4.69) is 33.6 Å². The predicted molar refractivity (Wildman–Crippen MR) is 125 cm³/mol. The zero-order valence-electron chi connectivity index (χ0n) is 18.2. The predicted octanol–water partition coefficient (Wildman–Crippen LogP) is 4.86. The molecular weight excluding hydrogens is 416 g/mol. The zero-order valence-corrected chi connectivity index (χ0v) is 18.2. The first-order chi connectivity index (χ1) is 16.3. The molecule has 4 aromatic rings. The van der Waals surface area contributed by atoms with Gasteiger partial charge in [-0.2, -0.15) is 10.1 Å². The molecule has 0 amide bonds. The van der Waals surface area contributed by atoms with Crippen molar-refractivity contribution in [1.82, 2.24) is 14.8 Å². The van der Waals surface area contributed by atoms with Gasteiger partial charge in [0.15, 0.2) is 6.10 Å². The number of rotatable bonds is 4. The van der Waals surface area contributed by atoms with Gasteiger partial charge in [-0.25, -0.2) is 4.68 Å². The minimum Gasteiger partial charge on any atom is -0.497 e. The molecule has 0 spiro atoms. The van der Waals surface area contributed by atoms with Crippen molar-refractivity contribution in [3.05, 3.63) is 101 Å². The molecule has 0 saturated heterocycles. The lowest BCUT2D eigenvalue weighted by Crippen LogP contribution is -2.32. The summed E-state index contributed by atoms with van der Waals surface area (Å²) >= 11 is 0. The molecule has 3 heterocycles. The van der Waals surface area contributed by atoms with Gasteiger partial charge in [0.25, 0.3) is 0 Å². The smallest absolute Gasteiger partial charge is 0.226 e. The van der Waals surface area contributed by atoms with Crippen LogP contribution in [-0.2, 0) is 0 Å². The summed E-state index contributed by atoms with van der Waals surface area (Å²) in [5.74, 6) is 2.91. The normalized spacial score (nSPS) is 18.4. The van der Waals surface area contributed by atoms with E-state index in [1.165, 1.54) is 0 Å². The van der Waals surface area contributed by atoms with E-state index < -0.39 is 6.10 Å². The summed E-state index contributed by atoms with van der Waals surface area (Å²) in [7, 11) is 3.30. The van der Waals surface area contributed by atoms with Crippen LogP contribution in [0.4, 0.5) is 5.95 Å². The van der Waals surface area contributed by atoms with Gasteiger partial charge in [-0.3, -0.25) is 0 Å². The van der Waals surface area contributed by atoms with Crippen LogP contribution in [0.1, 0.15) is 28.8 Å². The van der Waals surface area contributed by atoms with E-state index in [1.54, 1.807) is 20.5 Å². The highest BCUT2D eigenvalue weighted by Gasteiger charge is 2.41. The third-order valence-electron chi connectivity index (χ3n) is 6.16. The van der Waals surface area contributed by atoms with E-state index in [0.29, 0.717) is 11.7 Å². The van der Waals surface area contributed by atoms with Crippen LogP contribution in [0, 0.1) is 0 Å². The SMILES string of the molecule is COc1ccc([C@H]2Oc3ccccc3C3=C2[C@@H](c2ccccc2)n2ncnc2N3)c(OC)c1. The number of aromatic nitrogens is 3. The highest BCUT2D eigenvalue weighted by Crippen LogP contribution is 2.52. The zero-order chi connectivity index (χ0) is 22.4. The summed E-state index contributed by atoms with van der Waals surface area (Å²) in [6, 6.07) is 23.9. The largest absolute Gasteiger partial charge is 0.497 e. The molecule has 2 aliphatic rings. The Labute approximate surface area is 191 Å². The topological polar surface area (TPSA) is 70.4 Å². The number of methoxy groups -OCH3 is 2. The third kappa shape index (κ3) is 3.04. The van der Waals surface area contributed by atoms with Gasteiger partial charge in [0.1, 0.15) is 29.6 Å². The van der Waals surface area contributed by atoms with Crippen molar-refractivity contribution in [2.24, 2.45) is 0 Å². The molecule has 33 heavy (non-hydrogen) atoms. The van der Waals surface area contributed by atoms with Crippen LogP contribution in [0.15, 0.2) is 84.7 Å². The van der Waals surface area contributed by atoms with Crippen molar-refractivity contribution in [2.45, 2.75) is 12.1 Å². The number of hydrogen-bond donors (Lipinski definition) is 1. The summed E-state index contributed by atoms with van der Waals surface area (Å²) in [4.78, 5) is 4.48. The first-order valence-corrected chi connectivity index (χ1v) is 10.7. The molecular formula is C26H22N4O3. The van der Waals surface area contributed by atoms with Crippen LogP contribution < -0.4 is 19.5 Å². The fraction of sp³-hybridized carbons (Fsp3) is 0.154. The average Bonchev–Trinajstić information content (AvgIpc) is 3.35. The van der Waals surface area contributed by atoms with Crippen LogP contribution in [0.3, 0.4) is 0 Å². The fourth-order valence-corrected chi connectivity index (χ4v) is 4.67. The number of ether oxygens (including phenoxy) is 3. The highest BCUT2D eigenvalue weighted by atomic mass is 16.5. The van der Waals surface area contributed by atoms with Crippen LogP contribution in [0.25, 0.3) is 5.70 Å². The molecule has 7 heteroatoms. The van der Waals surface area contributed by atoms with Gasteiger partial charge in [0.05, 0.1) is 19.9 Å². The average molecular weight is 438 g/mol. The Morgan fingerprint density at radius 3 is 2.58 bits per heavy atom. The molecule has 0 saturated carbocycles. The first kappa shape index (κ1) is 19.4. The monoisotopic (exact) mass is 438 g/mol. The van der Waals surface area contributed by atoms with E-state index in [1.807, 2.05) is 59.3 Å². The van der Waals surface area contributed by atoms with Gasteiger partial charge in [-0.1, -0.05) is 42.5 Å². The Balaban J connectivity index is 1.63. The second-order valence-electron chi connectivity index (χ2n) is 7.90. The molecule has 6 rings (SSSR count). The van der Waals surface area contributed by atoms with Crippen LogP contribution in [-0.4, -0.2) is 29.0 Å². The molecule has 0 unspecified atom stereocenters. The van der Waals surface area contributed by atoms with Crippen molar-refractivity contribution in [3.8, 4) is 17.2 Å². The number of hydrogen-bond acceptors (Lipinski definition) is 6. The Kier molecular flexibility index (Phi) is 4.54. The van der Waals surface area contributed by atoms with Crippen LogP contribution in [0.5, 0.6) is 17.2 Å². The first-order valence-electron chi connectivity index (χ1n) is 10.7. The van der Waals surface area contributed by atoms with Gasteiger partial charge < -0.3 is 19.5 Å². The summed E-state index contributed by atoms with van der Waals surface area (Å²) < 4.78 is 19.8. The minimum absolute atomic E-state index is 0.204. The van der Waals surface area contributed by atoms with Crippen molar-refractivity contribution in [1.29, 1.82) is 0 Å². The molecule has 7 nitrogen and oxygen atoms in total. The Morgan fingerprint density at radius 2 is 1.76 bits per heavy atom. The Bertz CT molecular complexity index is 1360. The molecule has 0 fully saturated rings. The number of anilines is 1. The molecule has 2 aliphatic heterocycles. The number of para-hydroxylation sites is 1. The lowest BCUT2D eigenvalue weighted by atomic mass is 9.84. The van der Waals surface area contributed by atoms with E-state index in [-0.39, 0.29) is 6.04 Å². The summed E-state index contributed by atoms with van der Waals surface area (Å²) in [5.41, 5.74) is 5.02. The van der Waals surface area contributed by atoms with Crippen LogP contribution in [0.2, 0.25) is 0 Å². The second-order valence-corrected chi connectivity index (χ2v) is 7.90. The maximum absolute atomic E-state index is 6.67. The van der Waals surface area contributed by atoms with Gasteiger partial charge in [-0.15, -0.1) is 0 Å². The molecule has 0 radical (unpaired) electrons. The van der Waals surface area contributed by atoms with Crippen molar-refractivity contribution in [3.63, 3.8) is 0 Å². The quantitative estimate of drug-likeness (QED) is 0.491. The molecule has 0 bridgehead atoms. The van der Waals surface area contributed by atoms with Gasteiger partial charge in [-0.05, 0) is 29.8 Å². The fourth-order valence-electron chi connectivity index (χ4n) is 4.67. The number of benzene rings is 3. The highest BCUT2D eigenvalue weighted by molar-refractivity contribution is 5.85. The Hall–Kier alpha value is -4.26. The van der Waals surface area contributed by atoms with Crippen LogP contribution >= 0.6 is 0 Å². The second kappa shape index (κ2) is 7.70. The molecule has 1 aromatic heterocycles. The molecule has 1 N–H and O–H groups in total. The standard InChI is InChI=1S/C26H22N4O3/c1-31-17-12-13-19(21(14-17)32-2)25-22-23(18-10-6-7-11-20(18)33-25)29-26-27-15-28-30(26)24(22)16-8-4-3-5-9-16/h3-15,24-25H,1-2H3,(H,27,28,29)/t24-,25-/m1/s1. The van der Waals surface area contributed by atoms with Gasteiger partial charge in [0.2, 0.25) is 5.95 Å². The summed E-state index contributed by atoms with van der Waals surface area (Å²) in [6.45, 7) is 0. The summed E-state index contributed by atoms with van der Waals surface area (Å²) in [6.07, 6.45) is 1.16. The molecule has 2 atom stereocenters. The minimum atomic E-state index is -0.411. The van der Waals surface area contributed by atoms with Crippen molar-refractivity contribution >= 4 is 11.6 Å². The van der Waals surface area contributed by atoms with E-state index >= 15 is 0 Å². The molecule has 3 aromatic carbocycles. The third-order valence-corrected chi connectivity index (χ3v) is 6.16. The number of fused-ring (bicyclic) bond motifs is 3. The van der Waals surface area contributed by atoms with E-state index in [4.69, 9.17) is 14.2 Å². The Morgan fingerprint density at radius 1 is 0.939 bits per heavy atom. The van der Waals surface area contributed by atoms with E-state index in [9.17, 15) is 0 Å². The van der Waals surface area contributed by atoms with Gasteiger partial charge in [0, 0.05) is 22.8 Å². The molecule has 0 aliphatic carbocycles. The number of nitrogens with zero attached hydrogens (tertiary/aromatic N) is 3. The maximum atomic E-state index is 6.67. The molecule has 164 valence electrons.